The summed E-state index contributed by atoms with van der Waals surface area (Å²) in [5, 5.41) is 11.9. The van der Waals surface area contributed by atoms with E-state index in [0.717, 1.165) is 23.0 Å². The van der Waals surface area contributed by atoms with E-state index in [-0.39, 0.29) is 15.9 Å². The number of thioether (sulfide) groups is 1. The highest BCUT2D eigenvalue weighted by molar-refractivity contribution is 8.26. The molecular weight excluding hydrogens is 532 g/mol. The van der Waals surface area contributed by atoms with Gasteiger partial charge in [-0.05, 0) is 67.2 Å². The number of nitrogens with zero attached hydrogens (tertiary/aromatic N) is 3. The lowest BCUT2D eigenvalue weighted by Crippen LogP contribution is -2.44. The second-order valence-corrected chi connectivity index (χ2v) is 9.22. The van der Waals surface area contributed by atoms with Crippen LogP contribution in [-0.2, 0) is 4.79 Å². The summed E-state index contributed by atoms with van der Waals surface area (Å²) in [5.41, 5.74) is 3.34. The van der Waals surface area contributed by atoms with Crippen molar-refractivity contribution in [2.24, 2.45) is 0 Å². The minimum absolute atomic E-state index is 0.151. The first-order valence-electron chi connectivity index (χ1n) is 11.1. The molecule has 1 fully saturated rings. The van der Waals surface area contributed by atoms with Crippen molar-refractivity contribution in [1.82, 2.24) is 15.4 Å². The zero-order chi connectivity index (χ0) is 27.2. The van der Waals surface area contributed by atoms with Crippen molar-refractivity contribution in [1.29, 1.82) is 0 Å². The van der Waals surface area contributed by atoms with Crippen LogP contribution in [0.25, 0.3) is 6.08 Å². The van der Waals surface area contributed by atoms with Crippen LogP contribution in [0.4, 0.5) is 5.69 Å². The first kappa shape index (κ1) is 26.6. The number of methoxy groups -OCH3 is 1. The van der Waals surface area contributed by atoms with Gasteiger partial charge in [-0.15, -0.1) is 0 Å². The average Bonchev–Trinajstić information content (AvgIpc) is 3.17. The molecule has 2 heterocycles. The van der Waals surface area contributed by atoms with Gasteiger partial charge in [0.1, 0.15) is 11.9 Å². The van der Waals surface area contributed by atoms with Crippen molar-refractivity contribution in [2.75, 3.05) is 13.7 Å². The first-order chi connectivity index (χ1) is 18.3. The molecule has 2 amide bonds. The highest BCUT2D eigenvalue weighted by Gasteiger charge is 2.34. The predicted molar refractivity (Wildman–Crippen MR) is 144 cm³/mol. The molecule has 1 aromatic heterocycles. The number of aromatic nitrogens is 1. The molecule has 194 valence electrons. The van der Waals surface area contributed by atoms with E-state index in [4.69, 9.17) is 26.4 Å². The van der Waals surface area contributed by atoms with Gasteiger partial charge in [0.25, 0.3) is 17.5 Å². The molecule has 2 aromatic carbocycles. The summed E-state index contributed by atoms with van der Waals surface area (Å²) in [5.74, 6) is 0.495. The topological polar surface area (TPSA) is 133 Å². The third-order valence-corrected chi connectivity index (χ3v) is 6.37. The Balaban J connectivity index is 1.50. The van der Waals surface area contributed by atoms with Crippen molar-refractivity contribution < 1.29 is 28.7 Å². The number of amides is 2. The summed E-state index contributed by atoms with van der Waals surface area (Å²) in [6, 6.07) is 14.1. The van der Waals surface area contributed by atoms with Crippen LogP contribution in [0.5, 0.6) is 23.1 Å². The largest absolute Gasteiger partial charge is 0.497 e. The lowest BCUT2D eigenvalue weighted by Gasteiger charge is -2.15. The number of nitrogens with one attached hydrogen (secondary N) is 1. The average molecular weight is 553 g/mol. The summed E-state index contributed by atoms with van der Waals surface area (Å²) in [6.07, 6.45) is 2.72. The molecule has 3 aromatic rings. The maximum Gasteiger partial charge on any atom is 0.287 e. The molecule has 0 bridgehead atoms. The zero-order valence-corrected chi connectivity index (χ0v) is 21.7. The zero-order valence-electron chi connectivity index (χ0n) is 20.1. The van der Waals surface area contributed by atoms with Gasteiger partial charge >= 0.3 is 0 Å². The smallest absolute Gasteiger partial charge is 0.287 e. The number of rotatable bonds is 9. The van der Waals surface area contributed by atoms with Crippen molar-refractivity contribution in [3.63, 3.8) is 0 Å². The SMILES string of the molecule is CCOc1cc(/C=C2\SC(=S)N(NC(=O)c3ccc(OC)cc3)C2=O)ccc1Oc1ccc([N+](=O)[O-])cn1. The summed E-state index contributed by atoms with van der Waals surface area (Å²) in [7, 11) is 1.52. The summed E-state index contributed by atoms with van der Waals surface area (Å²) in [4.78, 5) is 40.1. The number of nitro groups is 1. The molecule has 4 rings (SSSR count). The lowest BCUT2D eigenvalue weighted by atomic mass is 10.2. The fourth-order valence-corrected chi connectivity index (χ4v) is 4.42. The van der Waals surface area contributed by atoms with E-state index >= 15 is 0 Å². The minimum Gasteiger partial charge on any atom is -0.497 e. The Morgan fingerprint density at radius 2 is 1.95 bits per heavy atom. The van der Waals surface area contributed by atoms with Crippen LogP contribution in [-0.4, -0.2) is 44.8 Å². The van der Waals surface area contributed by atoms with Gasteiger partial charge in [-0.2, -0.15) is 5.01 Å². The van der Waals surface area contributed by atoms with Crippen molar-refractivity contribution in [3.8, 4) is 23.1 Å². The van der Waals surface area contributed by atoms with E-state index in [9.17, 15) is 19.7 Å². The third kappa shape index (κ3) is 6.07. The molecule has 0 unspecified atom stereocenters. The van der Waals surface area contributed by atoms with Gasteiger partial charge in [0.2, 0.25) is 5.88 Å². The molecule has 0 atom stereocenters. The van der Waals surface area contributed by atoms with Gasteiger partial charge in [-0.3, -0.25) is 25.1 Å². The number of hydrazine groups is 1. The van der Waals surface area contributed by atoms with Crippen LogP contribution < -0.4 is 19.6 Å². The van der Waals surface area contributed by atoms with Crippen LogP contribution in [0.15, 0.2) is 65.7 Å². The van der Waals surface area contributed by atoms with Gasteiger partial charge in [0, 0.05) is 17.7 Å². The lowest BCUT2D eigenvalue weighted by molar-refractivity contribution is -0.385. The molecule has 11 nitrogen and oxygen atoms in total. The molecular formula is C25H20N4O7S2. The van der Waals surface area contributed by atoms with Crippen molar-refractivity contribution in [3.05, 3.63) is 86.9 Å². The molecule has 1 saturated heterocycles. The van der Waals surface area contributed by atoms with Crippen molar-refractivity contribution >= 4 is 51.9 Å². The Morgan fingerprint density at radius 3 is 2.58 bits per heavy atom. The number of hydrogen-bond donors (Lipinski definition) is 1. The molecule has 0 radical (unpaired) electrons. The van der Waals surface area contributed by atoms with E-state index < -0.39 is 16.7 Å². The van der Waals surface area contributed by atoms with Crippen LogP contribution >= 0.6 is 24.0 Å². The number of hydrogen-bond acceptors (Lipinski definition) is 10. The summed E-state index contributed by atoms with van der Waals surface area (Å²) in [6.45, 7) is 2.14. The number of carbonyl (C=O) groups is 2. The Bertz CT molecular complexity index is 1430. The molecule has 0 saturated carbocycles. The third-order valence-electron chi connectivity index (χ3n) is 5.07. The van der Waals surface area contributed by atoms with Gasteiger partial charge in [-0.25, -0.2) is 4.98 Å². The van der Waals surface area contributed by atoms with Gasteiger partial charge in [0.05, 0.1) is 23.5 Å². The Hall–Kier alpha value is -4.49. The molecule has 38 heavy (non-hydrogen) atoms. The molecule has 1 aliphatic rings. The molecule has 1 aliphatic heterocycles. The maximum absolute atomic E-state index is 13.0. The van der Waals surface area contributed by atoms with E-state index in [1.807, 2.05) is 0 Å². The van der Waals surface area contributed by atoms with E-state index in [0.29, 0.717) is 39.9 Å². The number of ether oxygens (including phenoxy) is 3. The Labute approximate surface area is 226 Å². The minimum atomic E-state index is -0.551. The molecule has 13 heteroatoms. The van der Waals surface area contributed by atoms with Crippen LogP contribution in [0, 0.1) is 10.1 Å². The second kappa shape index (κ2) is 11.7. The van der Waals surface area contributed by atoms with Gasteiger partial charge < -0.3 is 14.2 Å². The van der Waals surface area contributed by atoms with Crippen LogP contribution in [0.2, 0.25) is 0 Å². The number of carbonyl (C=O) groups excluding carboxylic acids is 2. The fourth-order valence-electron chi connectivity index (χ4n) is 3.24. The maximum atomic E-state index is 13.0. The highest BCUT2D eigenvalue weighted by Crippen LogP contribution is 2.36. The summed E-state index contributed by atoms with van der Waals surface area (Å²) >= 11 is 6.35. The fraction of sp³-hybridized carbons (Fsp3) is 0.120. The Kier molecular flexibility index (Phi) is 8.19. The molecule has 0 aliphatic carbocycles. The van der Waals surface area contributed by atoms with Gasteiger partial charge in [0.15, 0.2) is 15.8 Å². The standard InChI is InChI=1S/C25H20N4O7S2/c1-3-35-20-12-15(4-10-19(20)36-22-11-7-17(14-26-22)29(32)33)13-21-24(31)28(25(37)38-21)27-23(30)16-5-8-18(34-2)9-6-16/h4-14H,3H2,1-2H3,(H,27,30)/b21-13-. The van der Waals surface area contributed by atoms with Crippen molar-refractivity contribution in [2.45, 2.75) is 6.92 Å². The Morgan fingerprint density at radius 1 is 1.18 bits per heavy atom. The number of thiocarbonyl (C=S) groups is 1. The van der Waals surface area contributed by atoms with E-state index in [1.165, 1.54) is 19.2 Å². The van der Waals surface area contributed by atoms with Gasteiger partial charge in [-0.1, -0.05) is 17.8 Å². The summed E-state index contributed by atoms with van der Waals surface area (Å²) < 4.78 is 16.7. The molecule has 1 N–H and O–H groups in total. The second-order valence-electron chi connectivity index (χ2n) is 7.54. The first-order valence-corrected chi connectivity index (χ1v) is 12.3. The number of pyridine rings is 1. The van der Waals surface area contributed by atoms with E-state index in [2.05, 4.69) is 10.4 Å². The highest BCUT2D eigenvalue weighted by atomic mass is 32.2. The quantitative estimate of drug-likeness (QED) is 0.172. The van der Waals surface area contributed by atoms with Crippen LogP contribution in [0.3, 0.4) is 0 Å². The normalized spacial score (nSPS) is 13.9. The predicted octanol–water partition coefficient (Wildman–Crippen LogP) is 4.74. The van der Waals surface area contributed by atoms with E-state index in [1.54, 1.807) is 55.5 Å². The van der Waals surface area contributed by atoms with Crippen LogP contribution in [0.1, 0.15) is 22.8 Å². The molecule has 0 spiro atoms. The number of benzene rings is 2. The monoisotopic (exact) mass is 552 g/mol.